The van der Waals surface area contributed by atoms with Crippen molar-refractivity contribution in [1.82, 2.24) is 0 Å². The molecule has 0 atom stereocenters. The highest BCUT2D eigenvalue weighted by Crippen LogP contribution is 2.26. The lowest BCUT2D eigenvalue weighted by Crippen LogP contribution is -1.91. The van der Waals surface area contributed by atoms with Gasteiger partial charge in [-0.05, 0) is 22.9 Å². The fourth-order valence-corrected chi connectivity index (χ4v) is 1.77. The molecule has 0 bridgehead atoms. The summed E-state index contributed by atoms with van der Waals surface area (Å²) in [6.07, 6.45) is 0. The molecule has 86 valence electrons. The standard InChI is InChI=1S/C16H12N2/c17-11-15(13-7-3-1-4-8-13)16(12-18)14-9-5-2-6-10-14/h1-10,17-18H. The highest BCUT2D eigenvalue weighted by molar-refractivity contribution is 6.22. The van der Waals surface area contributed by atoms with Crippen molar-refractivity contribution in [2.75, 3.05) is 0 Å². The molecule has 0 aromatic heterocycles. The van der Waals surface area contributed by atoms with Crippen LogP contribution in [-0.2, 0) is 0 Å². The molecule has 0 aliphatic heterocycles. The number of hydrogen-bond acceptors (Lipinski definition) is 2. The van der Waals surface area contributed by atoms with Crippen LogP contribution in [0.3, 0.4) is 0 Å². The Balaban J connectivity index is 2.53. The molecule has 2 N–H and O–H groups in total. The van der Waals surface area contributed by atoms with E-state index in [2.05, 4.69) is 11.7 Å². The van der Waals surface area contributed by atoms with Crippen LogP contribution < -0.4 is 0 Å². The second-order valence-electron chi connectivity index (χ2n) is 3.73. The van der Waals surface area contributed by atoms with Crippen molar-refractivity contribution in [2.24, 2.45) is 0 Å². The second-order valence-corrected chi connectivity index (χ2v) is 3.73. The molecule has 2 aromatic carbocycles. The maximum atomic E-state index is 7.45. The molecule has 0 unspecified atom stereocenters. The van der Waals surface area contributed by atoms with Crippen molar-refractivity contribution in [3.63, 3.8) is 0 Å². The SMILES string of the molecule is N=C=C(C(=C=N)c1ccccc1)c1ccccc1. The van der Waals surface area contributed by atoms with Gasteiger partial charge in [0.05, 0.1) is 11.1 Å². The molecule has 2 heteroatoms. The van der Waals surface area contributed by atoms with Gasteiger partial charge < -0.3 is 0 Å². The molecule has 0 saturated heterocycles. The lowest BCUT2D eigenvalue weighted by molar-refractivity contribution is 1.56. The van der Waals surface area contributed by atoms with Crippen molar-refractivity contribution >= 4 is 22.9 Å². The molecular formula is C16H12N2. The van der Waals surface area contributed by atoms with E-state index in [0.29, 0.717) is 11.1 Å². The quantitative estimate of drug-likeness (QED) is 0.599. The lowest BCUT2D eigenvalue weighted by Gasteiger charge is -2.07. The molecule has 0 aliphatic rings. The predicted octanol–water partition coefficient (Wildman–Crippen LogP) is 3.65. The maximum absolute atomic E-state index is 7.45. The average Bonchev–Trinajstić information content (AvgIpc) is 2.46. The van der Waals surface area contributed by atoms with Crippen LogP contribution in [0.5, 0.6) is 0 Å². The van der Waals surface area contributed by atoms with Gasteiger partial charge in [-0.25, -0.2) is 0 Å². The predicted molar refractivity (Wildman–Crippen MR) is 75.2 cm³/mol. The molecular weight excluding hydrogens is 220 g/mol. The van der Waals surface area contributed by atoms with E-state index in [1.807, 2.05) is 60.7 Å². The fraction of sp³-hybridized carbons (Fsp3) is 0. The van der Waals surface area contributed by atoms with Crippen LogP contribution in [0, 0.1) is 10.8 Å². The Morgan fingerprint density at radius 1 is 0.611 bits per heavy atom. The Hall–Kier alpha value is -2.66. The maximum Gasteiger partial charge on any atom is 0.0597 e. The smallest absolute Gasteiger partial charge is 0.0597 e. The van der Waals surface area contributed by atoms with Gasteiger partial charge in [0.1, 0.15) is 0 Å². The van der Waals surface area contributed by atoms with Crippen LogP contribution in [0.1, 0.15) is 11.1 Å². The summed E-state index contributed by atoms with van der Waals surface area (Å²) in [5.74, 6) is 4.83. The Bertz CT molecular complexity index is 570. The summed E-state index contributed by atoms with van der Waals surface area (Å²) in [5.41, 5.74) is 2.89. The molecule has 0 radical (unpaired) electrons. The van der Waals surface area contributed by atoms with E-state index in [-0.39, 0.29) is 0 Å². The Labute approximate surface area is 106 Å². The first-order valence-corrected chi connectivity index (χ1v) is 5.57. The van der Waals surface area contributed by atoms with E-state index in [4.69, 9.17) is 10.8 Å². The molecule has 0 heterocycles. The average molecular weight is 232 g/mol. The second kappa shape index (κ2) is 5.60. The molecule has 0 amide bonds. The van der Waals surface area contributed by atoms with Crippen LogP contribution in [0.4, 0.5) is 0 Å². The Morgan fingerprint density at radius 2 is 0.944 bits per heavy atom. The molecule has 2 aromatic rings. The van der Waals surface area contributed by atoms with E-state index >= 15 is 0 Å². The molecule has 0 aliphatic carbocycles. The van der Waals surface area contributed by atoms with E-state index in [0.717, 1.165) is 11.1 Å². The Morgan fingerprint density at radius 3 is 1.22 bits per heavy atom. The summed E-state index contributed by atoms with van der Waals surface area (Å²) in [6, 6.07) is 19.0. The minimum absolute atomic E-state index is 0.580. The zero-order valence-corrected chi connectivity index (χ0v) is 9.77. The number of allylic oxidation sites excluding steroid dienone is 2. The number of nitrogens with one attached hydrogen (secondary N) is 2. The van der Waals surface area contributed by atoms with Crippen LogP contribution in [0.15, 0.2) is 60.7 Å². The normalized spacial score (nSPS) is 9.11. The molecule has 0 saturated carbocycles. The zero-order valence-electron chi connectivity index (χ0n) is 9.77. The monoisotopic (exact) mass is 232 g/mol. The zero-order chi connectivity index (χ0) is 12.8. The van der Waals surface area contributed by atoms with Crippen LogP contribution >= 0.6 is 0 Å². The van der Waals surface area contributed by atoms with Gasteiger partial charge in [0.15, 0.2) is 0 Å². The third-order valence-electron chi connectivity index (χ3n) is 2.62. The highest BCUT2D eigenvalue weighted by Gasteiger charge is 2.10. The first-order valence-electron chi connectivity index (χ1n) is 5.57. The summed E-state index contributed by atoms with van der Waals surface area (Å²) in [4.78, 5) is 0. The van der Waals surface area contributed by atoms with Crippen molar-refractivity contribution in [1.29, 1.82) is 10.8 Å². The van der Waals surface area contributed by atoms with E-state index in [9.17, 15) is 0 Å². The molecule has 18 heavy (non-hydrogen) atoms. The molecule has 2 nitrogen and oxygen atoms in total. The third kappa shape index (κ3) is 2.36. The molecule has 0 fully saturated rings. The van der Waals surface area contributed by atoms with E-state index < -0.39 is 0 Å². The van der Waals surface area contributed by atoms with Crippen molar-refractivity contribution in [3.05, 3.63) is 71.8 Å². The largest absolute Gasteiger partial charge is 0.258 e. The van der Waals surface area contributed by atoms with E-state index in [1.54, 1.807) is 0 Å². The van der Waals surface area contributed by atoms with Gasteiger partial charge >= 0.3 is 0 Å². The van der Waals surface area contributed by atoms with Gasteiger partial charge in [-0.2, -0.15) is 0 Å². The minimum atomic E-state index is 0.580. The van der Waals surface area contributed by atoms with Crippen LogP contribution in [-0.4, -0.2) is 11.7 Å². The topological polar surface area (TPSA) is 47.7 Å². The van der Waals surface area contributed by atoms with Gasteiger partial charge in [-0.15, -0.1) is 0 Å². The van der Waals surface area contributed by atoms with Crippen molar-refractivity contribution < 1.29 is 0 Å². The van der Waals surface area contributed by atoms with Crippen molar-refractivity contribution in [3.8, 4) is 0 Å². The summed E-state index contributed by atoms with van der Waals surface area (Å²) in [6.45, 7) is 0. The van der Waals surface area contributed by atoms with Gasteiger partial charge in [0.2, 0.25) is 0 Å². The van der Waals surface area contributed by atoms with Crippen LogP contribution in [0.25, 0.3) is 11.1 Å². The number of hydrogen-bond donors (Lipinski definition) is 2. The third-order valence-corrected chi connectivity index (χ3v) is 2.62. The lowest BCUT2D eigenvalue weighted by atomic mass is 9.94. The van der Waals surface area contributed by atoms with Gasteiger partial charge in [0, 0.05) is 0 Å². The van der Waals surface area contributed by atoms with E-state index in [1.165, 1.54) is 0 Å². The fourth-order valence-electron chi connectivity index (χ4n) is 1.77. The first-order chi connectivity index (χ1) is 8.86. The number of benzene rings is 2. The molecule has 0 spiro atoms. The first kappa shape index (κ1) is 11.8. The minimum Gasteiger partial charge on any atom is -0.258 e. The number of rotatable bonds is 3. The van der Waals surface area contributed by atoms with Crippen molar-refractivity contribution in [2.45, 2.75) is 0 Å². The van der Waals surface area contributed by atoms with Crippen LogP contribution in [0.2, 0.25) is 0 Å². The molecule has 2 rings (SSSR count). The van der Waals surface area contributed by atoms with Gasteiger partial charge in [-0.3, -0.25) is 10.8 Å². The Kier molecular flexibility index (Phi) is 3.68. The summed E-state index contributed by atoms with van der Waals surface area (Å²) < 4.78 is 0. The highest BCUT2D eigenvalue weighted by atomic mass is 14.3. The summed E-state index contributed by atoms with van der Waals surface area (Å²) in [5, 5.41) is 14.9. The summed E-state index contributed by atoms with van der Waals surface area (Å²) >= 11 is 0. The van der Waals surface area contributed by atoms with Gasteiger partial charge in [0.25, 0.3) is 0 Å². The summed E-state index contributed by atoms with van der Waals surface area (Å²) in [7, 11) is 0. The van der Waals surface area contributed by atoms with Gasteiger partial charge in [-0.1, -0.05) is 60.7 Å².